The van der Waals surface area contributed by atoms with E-state index >= 15 is 0 Å². The maximum absolute atomic E-state index is 5.61. The van der Waals surface area contributed by atoms with E-state index in [4.69, 9.17) is 4.74 Å². The van der Waals surface area contributed by atoms with Crippen LogP contribution in [0.5, 0.6) is 0 Å². The van der Waals surface area contributed by atoms with Gasteiger partial charge in [-0.05, 0) is 26.3 Å². The zero-order chi connectivity index (χ0) is 14.4. The fraction of sp³-hybridized carbons (Fsp3) is 0.438. The maximum Gasteiger partial charge on any atom is 0.183 e. The van der Waals surface area contributed by atoms with E-state index in [1.165, 1.54) is 10.4 Å². The zero-order valence-corrected chi connectivity index (χ0v) is 13.2. The number of hydrogen-bond acceptors (Lipinski definition) is 4. The molecule has 108 valence electrons. The van der Waals surface area contributed by atoms with Crippen molar-refractivity contribution in [2.45, 2.75) is 26.7 Å². The van der Waals surface area contributed by atoms with Crippen LogP contribution in [0.2, 0.25) is 0 Å². The molecule has 1 unspecified atom stereocenters. The highest BCUT2D eigenvalue weighted by molar-refractivity contribution is 7.15. The van der Waals surface area contributed by atoms with Gasteiger partial charge in [-0.1, -0.05) is 30.3 Å². The normalized spacial score (nSPS) is 12.3. The molecule has 1 aromatic heterocycles. The molecule has 0 spiro atoms. The number of hydrogen-bond donors (Lipinski definition) is 1. The van der Waals surface area contributed by atoms with Gasteiger partial charge < -0.3 is 10.1 Å². The number of aryl methyl sites for hydroxylation is 2. The molecule has 0 fully saturated rings. The lowest BCUT2D eigenvalue weighted by Gasteiger charge is -2.17. The molecule has 20 heavy (non-hydrogen) atoms. The average molecular weight is 290 g/mol. The number of nitrogens with zero attached hydrogens (tertiary/aromatic N) is 1. The Balaban J connectivity index is 2.00. The highest BCUT2D eigenvalue weighted by Gasteiger charge is 2.12. The summed E-state index contributed by atoms with van der Waals surface area (Å²) in [6, 6.07) is 10.5. The number of rotatable bonds is 7. The molecule has 0 saturated heterocycles. The van der Waals surface area contributed by atoms with Gasteiger partial charge in [-0.2, -0.15) is 0 Å². The topological polar surface area (TPSA) is 34.1 Å². The molecular weight excluding hydrogens is 268 g/mol. The van der Waals surface area contributed by atoms with E-state index < -0.39 is 0 Å². The van der Waals surface area contributed by atoms with Gasteiger partial charge in [0.05, 0.1) is 12.3 Å². The first kappa shape index (κ1) is 15.0. The molecular formula is C16H22N2OS. The summed E-state index contributed by atoms with van der Waals surface area (Å²) in [5, 5.41) is 4.44. The third-order valence-corrected chi connectivity index (χ3v) is 4.35. The van der Waals surface area contributed by atoms with E-state index in [0.717, 1.165) is 30.6 Å². The lowest BCUT2D eigenvalue weighted by Crippen LogP contribution is -2.18. The molecule has 1 heterocycles. The van der Waals surface area contributed by atoms with Gasteiger partial charge in [0.2, 0.25) is 0 Å². The molecule has 0 aliphatic rings. The Morgan fingerprint density at radius 3 is 2.60 bits per heavy atom. The quantitative estimate of drug-likeness (QED) is 0.837. The van der Waals surface area contributed by atoms with Crippen LogP contribution in [0, 0.1) is 13.8 Å². The predicted octanol–water partition coefficient (Wildman–Crippen LogP) is 3.99. The number of thiazole rings is 1. The summed E-state index contributed by atoms with van der Waals surface area (Å²) in [5.74, 6) is 0.348. The van der Waals surface area contributed by atoms with Gasteiger partial charge in [-0.25, -0.2) is 4.98 Å². The van der Waals surface area contributed by atoms with Crippen LogP contribution in [0.4, 0.5) is 5.13 Å². The van der Waals surface area contributed by atoms with E-state index in [1.807, 2.05) is 19.9 Å². The third-order valence-electron chi connectivity index (χ3n) is 3.32. The Labute approximate surface area is 125 Å². The SMILES string of the molecule is CCOCC(CNc1nc(C)c(C)s1)c1ccccc1. The first-order chi connectivity index (χ1) is 9.70. The summed E-state index contributed by atoms with van der Waals surface area (Å²) in [5.41, 5.74) is 2.41. The van der Waals surface area contributed by atoms with E-state index in [-0.39, 0.29) is 0 Å². The zero-order valence-electron chi connectivity index (χ0n) is 12.3. The number of ether oxygens (including phenoxy) is 1. The monoisotopic (exact) mass is 290 g/mol. The van der Waals surface area contributed by atoms with Crippen molar-refractivity contribution < 1.29 is 4.74 Å². The van der Waals surface area contributed by atoms with Gasteiger partial charge in [0, 0.05) is 23.9 Å². The molecule has 0 aliphatic heterocycles. The van der Waals surface area contributed by atoms with Crippen molar-refractivity contribution in [1.82, 2.24) is 4.98 Å². The second-order valence-electron chi connectivity index (χ2n) is 4.81. The lowest BCUT2D eigenvalue weighted by molar-refractivity contribution is 0.135. The second-order valence-corrected chi connectivity index (χ2v) is 6.01. The van der Waals surface area contributed by atoms with Crippen LogP contribution in [0.3, 0.4) is 0 Å². The Morgan fingerprint density at radius 2 is 2.00 bits per heavy atom. The fourth-order valence-electron chi connectivity index (χ4n) is 2.02. The molecule has 0 aliphatic carbocycles. The van der Waals surface area contributed by atoms with Gasteiger partial charge in [0.15, 0.2) is 5.13 Å². The first-order valence-electron chi connectivity index (χ1n) is 7.01. The van der Waals surface area contributed by atoms with Crippen molar-refractivity contribution in [2.24, 2.45) is 0 Å². The number of nitrogens with one attached hydrogen (secondary N) is 1. The highest BCUT2D eigenvalue weighted by atomic mass is 32.1. The van der Waals surface area contributed by atoms with E-state index in [9.17, 15) is 0 Å². The summed E-state index contributed by atoms with van der Waals surface area (Å²) in [7, 11) is 0. The fourth-order valence-corrected chi connectivity index (χ4v) is 2.84. The van der Waals surface area contributed by atoms with Crippen molar-refractivity contribution in [1.29, 1.82) is 0 Å². The molecule has 2 rings (SSSR count). The predicted molar refractivity (Wildman–Crippen MR) is 85.8 cm³/mol. The summed E-state index contributed by atoms with van der Waals surface area (Å²) >= 11 is 1.71. The van der Waals surface area contributed by atoms with Crippen LogP contribution in [0.1, 0.15) is 29.0 Å². The molecule has 3 nitrogen and oxygen atoms in total. The van der Waals surface area contributed by atoms with Gasteiger partial charge in [-0.3, -0.25) is 0 Å². The summed E-state index contributed by atoms with van der Waals surface area (Å²) in [4.78, 5) is 5.79. The smallest absolute Gasteiger partial charge is 0.183 e. The summed E-state index contributed by atoms with van der Waals surface area (Å²) < 4.78 is 5.61. The van der Waals surface area contributed by atoms with Crippen LogP contribution < -0.4 is 5.32 Å². The van der Waals surface area contributed by atoms with Crippen LogP contribution in [-0.2, 0) is 4.74 Å². The minimum absolute atomic E-state index is 0.348. The molecule has 4 heteroatoms. The summed E-state index contributed by atoms with van der Waals surface area (Å²) in [6.07, 6.45) is 0. The molecule has 1 atom stereocenters. The van der Waals surface area contributed by atoms with Crippen molar-refractivity contribution >= 4 is 16.5 Å². The number of aromatic nitrogens is 1. The average Bonchev–Trinajstić information content (AvgIpc) is 2.79. The van der Waals surface area contributed by atoms with Crippen LogP contribution in [-0.4, -0.2) is 24.7 Å². The van der Waals surface area contributed by atoms with Crippen LogP contribution in [0.25, 0.3) is 0 Å². The maximum atomic E-state index is 5.61. The molecule has 0 bridgehead atoms. The molecule has 2 aromatic rings. The first-order valence-corrected chi connectivity index (χ1v) is 7.83. The Hall–Kier alpha value is -1.39. The Kier molecular flexibility index (Phi) is 5.56. The van der Waals surface area contributed by atoms with E-state index in [2.05, 4.69) is 41.5 Å². The Morgan fingerprint density at radius 1 is 1.25 bits per heavy atom. The van der Waals surface area contributed by atoms with Crippen molar-refractivity contribution in [3.8, 4) is 0 Å². The van der Waals surface area contributed by atoms with Gasteiger partial charge in [0.25, 0.3) is 0 Å². The highest BCUT2D eigenvalue weighted by Crippen LogP contribution is 2.23. The summed E-state index contributed by atoms with van der Waals surface area (Å²) in [6.45, 7) is 8.51. The number of benzene rings is 1. The van der Waals surface area contributed by atoms with Crippen molar-refractivity contribution in [3.63, 3.8) is 0 Å². The molecule has 1 aromatic carbocycles. The Bertz CT molecular complexity index is 505. The van der Waals surface area contributed by atoms with E-state index in [1.54, 1.807) is 11.3 Å². The second kappa shape index (κ2) is 7.41. The molecule has 0 radical (unpaired) electrons. The number of anilines is 1. The third kappa shape index (κ3) is 4.05. The minimum atomic E-state index is 0.348. The van der Waals surface area contributed by atoms with Crippen molar-refractivity contribution in [3.05, 3.63) is 46.5 Å². The van der Waals surface area contributed by atoms with Gasteiger partial charge in [0.1, 0.15) is 0 Å². The molecule has 0 amide bonds. The van der Waals surface area contributed by atoms with Gasteiger partial charge >= 0.3 is 0 Å². The molecule has 0 saturated carbocycles. The molecule has 1 N–H and O–H groups in total. The van der Waals surface area contributed by atoms with Crippen LogP contribution >= 0.6 is 11.3 Å². The van der Waals surface area contributed by atoms with Crippen LogP contribution in [0.15, 0.2) is 30.3 Å². The minimum Gasteiger partial charge on any atom is -0.381 e. The van der Waals surface area contributed by atoms with Gasteiger partial charge in [-0.15, -0.1) is 11.3 Å². The van der Waals surface area contributed by atoms with Crippen molar-refractivity contribution in [2.75, 3.05) is 25.1 Å². The largest absolute Gasteiger partial charge is 0.381 e. The van der Waals surface area contributed by atoms with E-state index in [0.29, 0.717) is 5.92 Å². The lowest BCUT2D eigenvalue weighted by atomic mass is 10.0. The standard InChI is InChI=1S/C16H22N2OS/c1-4-19-11-15(14-8-6-5-7-9-14)10-17-16-18-12(2)13(3)20-16/h5-9,15H,4,10-11H2,1-3H3,(H,17,18).